The molecule has 1 heterocycles. The van der Waals surface area contributed by atoms with Gasteiger partial charge in [-0.2, -0.15) is 5.10 Å². The van der Waals surface area contributed by atoms with Crippen molar-refractivity contribution >= 4 is 23.2 Å². The fourth-order valence-electron chi connectivity index (χ4n) is 3.63. The largest absolute Gasteiger partial charge is 0.495 e. The Hall–Kier alpha value is -3.65. The quantitative estimate of drug-likeness (QED) is 0.544. The number of rotatable bonds is 8. The van der Waals surface area contributed by atoms with Crippen molar-refractivity contribution in [3.8, 4) is 11.4 Å². The van der Waals surface area contributed by atoms with Crippen LogP contribution in [-0.2, 0) is 16.1 Å². The lowest BCUT2D eigenvalue weighted by Crippen LogP contribution is -2.39. The molecule has 0 saturated heterocycles. The van der Waals surface area contributed by atoms with Crippen LogP contribution in [0.1, 0.15) is 30.8 Å². The number of ether oxygens (including phenoxy) is 1. The van der Waals surface area contributed by atoms with Crippen molar-refractivity contribution in [2.45, 2.75) is 40.3 Å². The van der Waals surface area contributed by atoms with E-state index in [1.807, 2.05) is 67.7 Å². The van der Waals surface area contributed by atoms with Crippen molar-refractivity contribution in [3.05, 3.63) is 65.5 Å². The summed E-state index contributed by atoms with van der Waals surface area (Å²) in [6.45, 7) is 7.88. The zero-order chi connectivity index (χ0) is 24.1. The van der Waals surface area contributed by atoms with E-state index in [2.05, 4.69) is 10.6 Å². The summed E-state index contributed by atoms with van der Waals surface area (Å²) in [6, 6.07) is 14.7. The first kappa shape index (κ1) is 24.0. The molecule has 1 unspecified atom stereocenters. The van der Waals surface area contributed by atoms with E-state index in [1.165, 1.54) is 14.0 Å². The van der Waals surface area contributed by atoms with E-state index in [4.69, 9.17) is 9.84 Å². The van der Waals surface area contributed by atoms with Crippen molar-refractivity contribution in [2.24, 2.45) is 0 Å². The standard InChI is InChI=1S/C25H31N5O3/c1-16-22(17(2)30(28-16)21-10-8-7-9-11-21)15-29(5)18(3)25(32)27-23-14-20(26-19(4)31)12-13-24(23)33-6/h7-14,18H,15H2,1-6H3,(H,26,31)(H,27,32). The number of anilines is 2. The van der Waals surface area contributed by atoms with Crippen LogP contribution < -0.4 is 15.4 Å². The molecule has 1 atom stereocenters. The van der Waals surface area contributed by atoms with Gasteiger partial charge < -0.3 is 15.4 Å². The molecule has 3 rings (SSSR count). The Balaban J connectivity index is 1.75. The number of carbonyl (C=O) groups is 2. The molecule has 2 N–H and O–H groups in total. The SMILES string of the molecule is COc1ccc(NC(C)=O)cc1NC(=O)C(C)N(C)Cc1c(C)nn(-c2ccccc2)c1C. The number of nitrogens with zero attached hydrogens (tertiary/aromatic N) is 3. The number of benzene rings is 2. The summed E-state index contributed by atoms with van der Waals surface area (Å²) in [5.74, 6) is 0.150. The molecule has 0 spiro atoms. The predicted molar refractivity (Wildman–Crippen MR) is 130 cm³/mol. The van der Waals surface area contributed by atoms with Crippen LogP contribution in [0.4, 0.5) is 11.4 Å². The molecule has 174 valence electrons. The number of aryl methyl sites for hydroxylation is 1. The summed E-state index contributed by atoms with van der Waals surface area (Å²) < 4.78 is 7.30. The van der Waals surface area contributed by atoms with Crippen molar-refractivity contribution in [3.63, 3.8) is 0 Å². The minimum Gasteiger partial charge on any atom is -0.495 e. The minimum atomic E-state index is -0.419. The maximum absolute atomic E-state index is 13.0. The number of likely N-dealkylation sites (N-methyl/N-ethyl adjacent to an activating group) is 1. The van der Waals surface area contributed by atoms with E-state index in [9.17, 15) is 9.59 Å². The number of methoxy groups -OCH3 is 1. The lowest BCUT2D eigenvalue weighted by atomic mass is 10.1. The van der Waals surface area contributed by atoms with Gasteiger partial charge in [0.15, 0.2) is 0 Å². The highest BCUT2D eigenvalue weighted by atomic mass is 16.5. The van der Waals surface area contributed by atoms with Gasteiger partial charge in [0.1, 0.15) is 5.75 Å². The number of hydrogen-bond donors (Lipinski definition) is 2. The topological polar surface area (TPSA) is 88.5 Å². The Kier molecular flexibility index (Phi) is 7.50. The van der Waals surface area contributed by atoms with Crippen LogP contribution in [0.25, 0.3) is 5.69 Å². The number of nitrogens with one attached hydrogen (secondary N) is 2. The molecular weight excluding hydrogens is 418 g/mol. The number of hydrogen-bond acceptors (Lipinski definition) is 5. The van der Waals surface area contributed by atoms with Gasteiger partial charge in [-0.3, -0.25) is 14.5 Å². The molecule has 0 fully saturated rings. The number of amides is 2. The summed E-state index contributed by atoms with van der Waals surface area (Å²) >= 11 is 0. The average molecular weight is 450 g/mol. The van der Waals surface area contributed by atoms with Crippen molar-refractivity contribution < 1.29 is 14.3 Å². The molecular formula is C25H31N5O3. The second-order valence-corrected chi connectivity index (χ2v) is 8.07. The summed E-state index contributed by atoms with van der Waals surface area (Å²) in [5.41, 5.74) is 5.15. The van der Waals surface area contributed by atoms with E-state index >= 15 is 0 Å². The third-order valence-electron chi connectivity index (χ3n) is 5.67. The van der Waals surface area contributed by atoms with Crippen molar-refractivity contribution in [1.29, 1.82) is 0 Å². The van der Waals surface area contributed by atoms with Gasteiger partial charge in [-0.05, 0) is 58.2 Å². The second kappa shape index (κ2) is 10.3. The van der Waals surface area contributed by atoms with Gasteiger partial charge in [0.2, 0.25) is 11.8 Å². The van der Waals surface area contributed by atoms with Crippen LogP contribution in [-0.4, -0.2) is 46.7 Å². The van der Waals surface area contributed by atoms with Crippen LogP contribution >= 0.6 is 0 Å². The maximum atomic E-state index is 13.0. The predicted octanol–water partition coefficient (Wildman–Crippen LogP) is 3.92. The number of para-hydroxylation sites is 1. The average Bonchev–Trinajstić information content (AvgIpc) is 3.07. The molecule has 1 aromatic heterocycles. The minimum absolute atomic E-state index is 0.179. The summed E-state index contributed by atoms with van der Waals surface area (Å²) in [6.07, 6.45) is 0. The molecule has 0 aliphatic carbocycles. The Labute approximate surface area is 194 Å². The Morgan fingerprint density at radius 1 is 1.12 bits per heavy atom. The fraction of sp³-hybridized carbons (Fsp3) is 0.320. The monoisotopic (exact) mass is 449 g/mol. The molecule has 0 radical (unpaired) electrons. The first-order valence-corrected chi connectivity index (χ1v) is 10.8. The van der Waals surface area contributed by atoms with Crippen LogP contribution in [0.2, 0.25) is 0 Å². The zero-order valence-corrected chi connectivity index (χ0v) is 20.0. The van der Waals surface area contributed by atoms with Gasteiger partial charge in [-0.25, -0.2) is 4.68 Å². The molecule has 0 aliphatic rings. The van der Waals surface area contributed by atoms with E-state index in [0.717, 1.165) is 22.6 Å². The van der Waals surface area contributed by atoms with Gasteiger partial charge in [0.25, 0.3) is 0 Å². The zero-order valence-electron chi connectivity index (χ0n) is 20.0. The van der Waals surface area contributed by atoms with Crippen LogP contribution in [0.15, 0.2) is 48.5 Å². The van der Waals surface area contributed by atoms with E-state index in [0.29, 0.717) is 23.7 Å². The van der Waals surface area contributed by atoms with Gasteiger partial charge in [0, 0.05) is 30.4 Å². The third kappa shape index (κ3) is 5.59. The smallest absolute Gasteiger partial charge is 0.241 e. The van der Waals surface area contributed by atoms with E-state index in [-0.39, 0.29) is 11.8 Å². The highest BCUT2D eigenvalue weighted by Crippen LogP contribution is 2.28. The normalized spacial score (nSPS) is 11.8. The lowest BCUT2D eigenvalue weighted by molar-refractivity contribution is -0.120. The first-order valence-electron chi connectivity index (χ1n) is 10.8. The Morgan fingerprint density at radius 3 is 2.45 bits per heavy atom. The summed E-state index contributed by atoms with van der Waals surface area (Å²) in [7, 11) is 3.45. The first-order chi connectivity index (χ1) is 15.7. The third-order valence-corrected chi connectivity index (χ3v) is 5.67. The summed E-state index contributed by atoms with van der Waals surface area (Å²) in [4.78, 5) is 26.4. The van der Waals surface area contributed by atoms with Crippen LogP contribution in [0.3, 0.4) is 0 Å². The van der Waals surface area contributed by atoms with Crippen molar-refractivity contribution in [2.75, 3.05) is 24.8 Å². The van der Waals surface area contributed by atoms with E-state index in [1.54, 1.807) is 18.2 Å². The molecule has 0 saturated carbocycles. The number of carbonyl (C=O) groups excluding carboxylic acids is 2. The maximum Gasteiger partial charge on any atom is 0.241 e. The van der Waals surface area contributed by atoms with E-state index < -0.39 is 6.04 Å². The fourth-order valence-corrected chi connectivity index (χ4v) is 3.63. The van der Waals surface area contributed by atoms with Gasteiger partial charge in [-0.1, -0.05) is 18.2 Å². The molecule has 8 heteroatoms. The lowest BCUT2D eigenvalue weighted by Gasteiger charge is -2.24. The summed E-state index contributed by atoms with van der Waals surface area (Å²) in [5, 5.41) is 10.3. The Morgan fingerprint density at radius 2 is 1.82 bits per heavy atom. The molecule has 8 nitrogen and oxygen atoms in total. The van der Waals surface area contributed by atoms with Crippen molar-refractivity contribution in [1.82, 2.24) is 14.7 Å². The Bertz CT molecular complexity index is 1140. The molecule has 2 aromatic carbocycles. The van der Waals surface area contributed by atoms with Crippen LogP contribution in [0.5, 0.6) is 5.75 Å². The van der Waals surface area contributed by atoms with Gasteiger partial charge in [0.05, 0.1) is 30.2 Å². The molecule has 0 aliphatic heterocycles. The molecule has 3 aromatic rings. The second-order valence-electron chi connectivity index (χ2n) is 8.07. The molecule has 2 amide bonds. The molecule has 33 heavy (non-hydrogen) atoms. The highest BCUT2D eigenvalue weighted by Gasteiger charge is 2.22. The highest BCUT2D eigenvalue weighted by molar-refractivity contribution is 5.97. The number of aromatic nitrogens is 2. The van der Waals surface area contributed by atoms with Gasteiger partial charge >= 0.3 is 0 Å². The van der Waals surface area contributed by atoms with Gasteiger partial charge in [-0.15, -0.1) is 0 Å². The van der Waals surface area contributed by atoms with Crippen LogP contribution in [0, 0.1) is 13.8 Å². The molecule has 0 bridgehead atoms.